The zero-order chi connectivity index (χ0) is 13.9. The normalized spacial score (nSPS) is 19.6. The first kappa shape index (κ1) is 14.3. The molecule has 7 heteroatoms. The largest absolute Gasteiger partial charge is 0.389 e. The summed E-state index contributed by atoms with van der Waals surface area (Å²) in [7, 11) is 0. The Kier molecular flexibility index (Phi) is 4.44. The van der Waals surface area contributed by atoms with Gasteiger partial charge in [-0.05, 0) is 18.8 Å². The Hall–Kier alpha value is -1.11. The molecule has 19 heavy (non-hydrogen) atoms. The second-order valence-electron chi connectivity index (χ2n) is 5.09. The number of aromatic nitrogens is 2. The van der Waals surface area contributed by atoms with E-state index in [1.807, 2.05) is 0 Å². The van der Waals surface area contributed by atoms with Crippen molar-refractivity contribution in [1.29, 1.82) is 0 Å². The van der Waals surface area contributed by atoms with Gasteiger partial charge in [0, 0.05) is 6.42 Å². The molecule has 108 valence electrons. The van der Waals surface area contributed by atoms with Crippen LogP contribution < -0.4 is 5.73 Å². The molecule has 2 rings (SSSR count). The molecular formula is C12H18F3N3O. The number of halogens is 3. The van der Waals surface area contributed by atoms with E-state index in [-0.39, 0.29) is 24.2 Å². The molecule has 0 radical (unpaired) electrons. The van der Waals surface area contributed by atoms with Gasteiger partial charge in [0.1, 0.15) is 0 Å². The fourth-order valence-electron chi connectivity index (χ4n) is 2.45. The summed E-state index contributed by atoms with van der Waals surface area (Å²) >= 11 is 0. The second kappa shape index (κ2) is 5.90. The zero-order valence-corrected chi connectivity index (χ0v) is 10.6. The van der Waals surface area contributed by atoms with E-state index in [0.717, 1.165) is 25.7 Å². The number of nitrogens with zero attached hydrogens (tertiary/aromatic N) is 2. The highest BCUT2D eigenvalue weighted by atomic mass is 19.4. The quantitative estimate of drug-likeness (QED) is 0.918. The summed E-state index contributed by atoms with van der Waals surface area (Å²) in [4.78, 5) is 3.99. The third-order valence-electron chi connectivity index (χ3n) is 3.56. The SMILES string of the molecule is NC(c1nc(CCC(F)(F)F)no1)C1CCCCC1. The smallest absolute Gasteiger partial charge is 0.338 e. The molecule has 1 aromatic heterocycles. The zero-order valence-electron chi connectivity index (χ0n) is 10.6. The van der Waals surface area contributed by atoms with Crippen LogP contribution in [0.1, 0.15) is 56.3 Å². The van der Waals surface area contributed by atoms with Crippen LogP contribution in [0.4, 0.5) is 13.2 Å². The summed E-state index contributed by atoms with van der Waals surface area (Å²) in [5, 5.41) is 3.57. The highest BCUT2D eigenvalue weighted by Crippen LogP contribution is 2.32. The van der Waals surface area contributed by atoms with E-state index in [9.17, 15) is 13.2 Å². The number of hydrogen-bond acceptors (Lipinski definition) is 4. The summed E-state index contributed by atoms with van der Waals surface area (Å²) in [6.07, 6.45) is 0.106. The van der Waals surface area contributed by atoms with Crippen molar-refractivity contribution in [2.24, 2.45) is 11.7 Å². The van der Waals surface area contributed by atoms with Crippen molar-refractivity contribution in [3.8, 4) is 0 Å². The molecular weight excluding hydrogens is 259 g/mol. The van der Waals surface area contributed by atoms with Gasteiger partial charge in [0.15, 0.2) is 5.82 Å². The summed E-state index contributed by atoms with van der Waals surface area (Å²) < 4.78 is 41.3. The first-order valence-electron chi connectivity index (χ1n) is 6.60. The lowest BCUT2D eigenvalue weighted by atomic mass is 9.84. The molecule has 1 aliphatic carbocycles. The van der Waals surface area contributed by atoms with E-state index in [4.69, 9.17) is 10.3 Å². The predicted molar refractivity (Wildman–Crippen MR) is 62.2 cm³/mol. The standard InChI is InChI=1S/C12H18F3N3O/c13-12(14,15)7-6-9-17-11(19-18-9)10(16)8-4-2-1-3-5-8/h8,10H,1-7,16H2. The highest BCUT2D eigenvalue weighted by Gasteiger charge is 2.29. The summed E-state index contributed by atoms with van der Waals surface area (Å²) in [5.41, 5.74) is 6.05. The fourth-order valence-corrected chi connectivity index (χ4v) is 2.45. The average molecular weight is 277 g/mol. The van der Waals surface area contributed by atoms with E-state index < -0.39 is 12.6 Å². The molecule has 2 N–H and O–H groups in total. The van der Waals surface area contributed by atoms with Gasteiger partial charge in [-0.3, -0.25) is 0 Å². The van der Waals surface area contributed by atoms with E-state index >= 15 is 0 Å². The lowest BCUT2D eigenvalue weighted by Crippen LogP contribution is -2.23. The van der Waals surface area contributed by atoms with Crippen LogP contribution in [0.15, 0.2) is 4.52 Å². The molecule has 0 amide bonds. The van der Waals surface area contributed by atoms with Crippen LogP contribution in [0.25, 0.3) is 0 Å². The minimum atomic E-state index is -4.20. The fraction of sp³-hybridized carbons (Fsp3) is 0.833. The van der Waals surface area contributed by atoms with Crippen LogP contribution in [-0.4, -0.2) is 16.3 Å². The van der Waals surface area contributed by atoms with Gasteiger partial charge in [-0.15, -0.1) is 0 Å². The van der Waals surface area contributed by atoms with E-state index in [1.165, 1.54) is 6.42 Å². The second-order valence-corrected chi connectivity index (χ2v) is 5.09. The van der Waals surface area contributed by atoms with Crippen LogP contribution in [0.2, 0.25) is 0 Å². The lowest BCUT2D eigenvalue weighted by Gasteiger charge is -2.24. The number of aryl methyl sites for hydroxylation is 1. The minimum absolute atomic E-state index is 0.0820. The predicted octanol–water partition coefficient (Wildman–Crippen LogP) is 3.14. The molecule has 1 heterocycles. The molecule has 0 saturated heterocycles. The van der Waals surface area contributed by atoms with E-state index in [1.54, 1.807) is 0 Å². The van der Waals surface area contributed by atoms with E-state index in [2.05, 4.69) is 10.1 Å². The van der Waals surface area contributed by atoms with Crippen molar-refractivity contribution in [3.63, 3.8) is 0 Å². The molecule has 4 nitrogen and oxygen atoms in total. The average Bonchev–Trinajstić information content (AvgIpc) is 2.84. The van der Waals surface area contributed by atoms with Crippen molar-refractivity contribution in [2.45, 2.75) is 57.2 Å². The van der Waals surface area contributed by atoms with Crippen LogP contribution in [0.5, 0.6) is 0 Å². The van der Waals surface area contributed by atoms with Gasteiger partial charge in [0.2, 0.25) is 5.89 Å². The first-order valence-corrected chi connectivity index (χ1v) is 6.60. The van der Waals surface area contributed by atoms with Gasteiger partial charge in [0.25, 0.3) is 0 Å². The Morgan fingerprint density at radius 3 is 2.58 bits per heavy atom. The molecule has 1 aliphatic rings. The van der Waals surface area contributed by atoms with Crippen LogP contribution in [-0.2, 0) is 6.42 Å². The highest BCUT2D eigenvalue weighted by molar-refractivity contribution is 4.95. The molecule has 1 saturated carbocycles. The van der Waals surface area contributed by atoms with Crippen molar-refractivity contribution in [3.05, 3.63) is 11.7 Å². The van der Waals surface area contributed by atoms with Gasteiger partial charge in [-0.2, -0.15) is 18.2 Å². The van der Waals surface area contributed by atoms with Crippen molar-refractivity contribution >= 4 is 0 Å². The lowest BCUT2D eigenvalue weighted by molar-refractivity contribution is -0.134. The third kappa shape index (κ3) is 4.19. The topological polar surface area (TPSA) is 64.9 Å². The van der Waals surface area contributed by atoms with Crippen molar-refractivity contribution < 1.29 is 17.7 Å². The summed E-state index contributed by atoms with van der Waals surface area (Å²) in [5.74, 6) is 0.646. The van der Waals surface area contributed by atoms with Gasteiger partial charge in [0.05, 0.1) is 12.5 Å². The molecule has 1 aromatic rings. The Morgan fingerprint density at radius 2 is 1.95 bits per heavy atom. The van der Waals surface area contributed by atoms with Crippen molar-refractivity contribution in [1.82, 2.24) is 10.1 Å². The van der Waals surface area contributed by atoms with Crippen LogP contribution in [0, 0.1) is 5.92 Å². The van der Waals surface area contributed by atoms with Gasteiger partial charge in [-0.25, -0.2) is 0 Å². The number of nitrogens with two attached hydrogens (primary N) is 1. The molecule has 0 aromatic carbocycles. The number of hydrogen-bond donors (Lipinski definition) is 1. The van der Waals surface area contributed by atoms with Gasteiger partial charge in [-0.1, -0.05) is 24.4 Å². The number of rotatable bonds is 4. The molecule has 0 aliphatic heterocycles. The monoisotopic (exact) mass is 277 g/mol. The molecule has 1 unspecified atom stereocenters. The van der Waals surface area contributed by atoms with Gasteiger partial charge >= 0.3 is 6.18 Å². The van der Waals surface area contributed by atoms with E-state index in [0.29, 0.717) is 5.92 Å². The van der Waals surface area contributed by atoms with Crippen LogP contribution in [0.3, 0.4) is 0 Å². The third-order valence-corrected chi connectivity index (χ3v) is 3.56. The molecule has 0 bridgehead atoms. The van der Waals surface area contributed by atoms with Crippen LogP contribution >= 0.6 is 0 Å². The van der Waals surface area contributed by atoms with Gasteiger partial charge < -0.3 is 10.3 Å². The maximum atomic E-state index is 12.1. The maximum absolute atomic E-state index is 12.1. The van der Waals surface area contributed by atoms with Crippen molar-refractivity contribution in [2.75, 3.05) is 0 Å². The Bertz CT molecular complexity index is 399. The minimum Gasteiger partial charge on any atom is -0.338 e. The Labute approximate surface area is 109 Å². The molecule has 0 spiro atoms. The summed E-state index contributed by atoms with van der Waals surface area (Å²) in [6.45, 7) is 0. The maximum Gasteiger partial charge on any atom is 0.389 e. The Morgan fingerprint density at radius 1 is 1.26 bits per heavy atom. The first-order chi connectivity index (χ1) is 8.96. The Balaban J connectivity index is 1.92. The summed E-state index contributed by atoms with van der Waals surface area (Å²) in [6, 6.07) is -0.354. The molecule has 1 atom stereocenters. The number of alkyl halides is 3. The molecule has 1 fully saturated rings.